The first kappa shape index (κ1) is 14.1. The molecule has 2 aliphatic heterocycles. The fourth-order valence-corrected chi connectivity index (χ4v) is 2.93. The maximum atomic E-state index is 12.4. The van der Waals surface area contributed by atoms with Crippen molar-refractivity contribution in [1.29, 1.82) is 0 Å². The van der Waals surface area contributed by atoms with Crippen molar-refractivity contribution < 1.29 is 14.3 Å². The number of amides is 1. The van der Waals surface area contributed by atoms with Gasteiger partial charge in [0.15, 0.2) is 11.5 Å². The zero-order valence-electron chi connectivity index (χ0n) is 12.7. The normalized spacial score (nSPS) is 18.9. The standard InChI is InChI=1S/C18H18N2O3/c21-18(17-11-22-15-3-1-2-4-16(15)23-17)20-14-6-5-12-7-8-19-10-13(12)9-14/h1-6,9,17,19H,7-8,10-11H2,(H,20,21). The predicted molar refractivity (Wildman–Crippen MR) is 86.8 cm³/mol. The zero-order valence-corrected chi connectivity index (χ0v) is 12.7. The van der Waals surface area contributed by atoms with Crippen LogP contribution in [0.1, 0.15) is 11.1 Å². The van der Waals surface area contributed by atoms with Crippen LogP contribution in [-0.2, 0) is 17.8 Å². The van der Waals surface area contributed by atoms with E-state index in [0.29, 0.717) is 11.5 Å². The van der Waals surface area contributed by atoms with Crippen molar-refractivity contribution >= 4 is 11.6 Å². The lowest BCUT2D eigenvalue weighted by Gasteiger charge is -2.25. The number of rotatable bonds is 2. The van der Waals surface area contributed by atoms with Crippen LogP contribution in [0.5, 0.6) is 11.5 Å². The summed E-state index contributed by atoms with van der Waals surface area (Å²) in [7, 11) is 0. The molecule has 0 fully saturated rings. The molecule has 0 saturated heterocycles. The summed E-state index contributed by atoms with van der Waals surface area (Å²) >= 11 is 0. The predicted octanol–water partition coefficient (Wildman–Crippen LogP) is 2.11. The van der Waals surface area contributed by atoms with E-state index in [2.05, 4.69) is 16.7 Å². The number of hydrogen-bond acceptors (Lipinski definition) is 4. The summed E-state index contributed by atoms with van der Waals surface area (Å²) in [5.74, 6) is 1.09. The third-order valence-corrected chi connectivity index (χ3v) is 4.16. The van der Waals surface area contributed by atoms with E-state index in [4.69, 9.17) is 9.47 Å². The molecule has 5 nitrogen and oxygen atoms in total. The summed E-state index contributed by atoms with van der Waals surface area (Å²) in [5, 5.41) is 6.26. The number of nitrogens with one attached hydrogen (secondary N) is 2. The van der Waals surface area contributed by atoms with Crippen LogP contribution < -0.4 is 20.1 Å². The van der Waals surface area contributed by atoms with Gasteiger partial charge in [-0.05, 0) is 48.4 Å². The molecule has 1 atom stereocenters. The lowest BCUT2D eigenvalue weighted by atomic mass is 10.0. The van der Waals surface area contributed by atoms with Crippen molar-refractivity contribution in [3.05, 3.63) is 53.6 Å². The molecule has 2 N–H and O–H groups in total. The van der Waals surface area contributed by atoms with Crippen LogP contribution in [0.15, 0.2) is 42.5 Å². The van der Waals surface area contributed by atoms with E-state index < -0.39 is 6.10 Å². The van der Waals surface area contributed by atoms with Crippen LogP contribution in [0.3, 0.4) is 0 Å². The minimum atomic E-state index is -0.640. The number of anilines is 1. The van der Waals surface area contributed by atoms with Gasteiger partial charge in [0.2, 0.25) is 6.10 Å². The average Bonchev–Trinajstić information content (AvgIpc) is 2.61. The van der Waals surface area contributed by atoms with Gasteiger partial charge in [-0.3, -0.25) is 4.79 Å². The van der Waals surface area contributed by atoms with Crippen molar-refractivity contribution in [2.24, 2.45) is 0 Å². The van der Waals surface area contributed by atoms with Gasteiger partial charge >= 0.3 is 0 Å². The number of carbonyl (C=O) groups excluding carboxylic acids is 1. The van der Waals surface area contributed by atoms with Gasteiger partial charge in [0, 0.05) is 12.2 Å². The van der Waals surface area contributed by atoms with E-state index in [1.807, 2.05) is 30.3 Å². The maximum Gasteiger partial charge on any atom is 0.269 e. The van der Waals surface area contributed by atoms with Crippen LogP contribution in [0.4, 0.5) is 5.69 Å². The topological polar surface area (TPSA) is 59.6 Å². The van der Waals surface area contributed by atoms with Crippen molar-refractivity contribution in [1.82, 2.24) is 5.32 Å². The molecule has 2 aliphatic rings. The Balaban J connectivity index is 1.46. The molecule has 2 aromatic rings. The van der Waals surface area contributed by atoms with Gasteiger partial charge in [-0.2, -0.15) is 0 Å². The number of benzene rings is 2. The SMILES string of the molecule is O=C(Nc1ccc2c(c1)CNCC2)C1COc2ccccc2O1. The largest absolute Gasteiger partial charge is 0.485 e. The van der Waals surface area contributed by atoms with Gasteiger partial charge in [0.05, 0.1) is 0 Å². The molecule has 1 amide bonds. The Hall–Kier alpha value is -2.53. The van der Waals surface area contributed by atoms with E-state index in [9.17, 15) is 4.79 Å². The molecule has 1 unspecified atom stereocenters. The monoisotopic (exact) mass is 310 g/mol. The molecule has 0 aliphatic carbocycles. The van der Waals surface area contributed by atoms with Crippen molar-refractivity contribution in [3.63, 3.8) is 0 Å². The van der Waals surface area contributed by atoms with Gasteiger partial charge in [-0.25, -0.2) is 0 Å². The molecule has 2 aromatic carbocycles. The molecular formula is C18H18N2O3. The number of carbonyl (C=O) groups is 1. The second kappa shape index (κ2) is 5.93. The molecule has 4 rings (SSSR count). The molecule has 2 heterocycles. The third-order valence-electron chi connectivity index (χ3n) is 4.16. The highest BCUT2D eigenvalue weighted by molar-refractivity contribution is 5.94. The number of fused-ring (bicyclic) bond motifs is 2. The summed E-state index contributed by atoms with van der Waals surface area (Å²) in [5.41, 5.74) is 3.37. The molecule has 23 heavy (non-hydrogen) atoms. The fourth-order valence-electron chi connectivity index (χ4n) is 2.93. The van der Waals surface area contributed by atoms with Crippen molar-refractivity contribution in [2.45, 2.75) is 19.1 Å². The molecule has 0 spiro atoms. The molecule has 0 radical (unpaired) electrons. The van der Waals surface area contributed by atoms with Crippen LogP contribution in [-0.4, -0.2) is 25.2 Å². The van der Waals surface area contributed by atoms with Crippen LogP contribution in [0.2, 0.25) is 0 Å². The zero-order chi connectivity index (χ0) is 15.6. The number of hydrogen-bond donors (Lipinski definition) is 2. The first-order valence-corrected chi connectivity index (χ1v) is 7.81. The molecule has 5 heteroatoms. The minimum Gasteiger partial charge on any atom is -0.485 e. The molecule has 0 saturated carbocycles. The summed E-state index contributed by atoms with van der Waals surface area (Å²) < 4.78 is 11.3. The lowest BCUT2D eigenvalue weighted by molar-refractivity contribution is -0.125. The molecule has 118 valence electrons. The highest BCUT2D eigenvalue weighted by atomic mass is 16.6. The third kappa shape index (κ3) is 2.87. The second-order valence-corrected chi connectivity index (χ2v) is 5.76. The first-order valence-electron chi connectivity index (χ1n) is 7.81. The number of ether oxygens (including phenoxy) is 2. The Bertz CT molecular complexity index is 745. The van der Waals surface area contributed by atoms with Gasteiger partial charge in [0.25, 0.3) is 5.91 Å². The summed E-state index contributed by atoms with van der Waals surface area (Å²) in [6.07, 6.45) is 0.388. The van der Waals surface area contributed by atoms with Gasteiger partial charge in [-0.15, -0.1) is 0 Å². The Kier molecular flexibility index (Phi) is 3.63. The van der Waals surface area contributed by atoms with Crippen molar-refractivity contribution in [3.8, 4) is 11.5 Å². The van der Waals surface area contributed by atoms with E-state index >= 15 is 0 Å². The van der Waals surface area contributed by atoms with Crippen molar-refractivity contribution in [2.75, 3.05) is 18.5 Å². The van der Waals surface area contributed by atoms with Crippen LogP contribution in [0.25, 0.3) is 0 Å². The second-order valence-electron chi connectivity index (χ2n) is 5.76. The Morgan fingerprint density at radius 2 is 2.00 bits per heavy atom. The first-order chi connectivity index (χ1) is 11.3. The summed E-state index contributed by atoms with van der Waals surface area (Å²) in [4.78, 5) is 12.4. The van der Waals surface area contributed by atoms with E-state index in [-0.39, 0.29) is 12.5 Å². The molecular weight excluding hydrogens is 292 g/mol. The van der Waals surface area contributed by atoms with Gasteiger partial charge in [0.1, 0.15) is 6.61 Å². The summed E-state index contributed by atoms with van der Waals surface area (Å²) in [6.45, 7) is 2.07. The smallest absolute Gasteiger partial charge is 0.269 e. The average molecular weight is 310 g/mol. The molecule has 0 bridgehead atoms. The summed E-state index contributed by atoms with van der Waals surface area (Å²) in [6, 6.07) is 13.4. The van der Waals surface area contributed by atoms with E-state index in [0.717, 1.165) is 25.2 Å². The van der Waals surface area contributed by atoms with Crippen LogP contribution >= 0.6 is 0 Å². The Labute approximate surface area is 134 Å². The minimum absolute atomic E-state index is 0.191. The fraction of sp³-hybridized carbons (Fsp3) is 0.278. The Morgan fingerprint density at radius 1 is 1.13 bits per heavy atom. The molecule has 0 aromatic heterocycles. The Morgan fingerprint density at radius 3 is 2.91 bits per heavy atom. The highest BCUT2D eigenvalue weighted by Gasteiger charge is 2.27. The van der Waals surface area contributed by atoms with E-state index in [1.165, 1.54) is 11.1 Å². The van der Waals surface area contributed by atoms with E-state index in [1.54, 1.807) is 6.07 Å². The van der Waals surface area contributed by atoms with Crippen LogP contribution in [0, 0.1) is 0 Å². The van der Waals surface area contributed by atoms with Gasteiger partial charge in [-0.1, -0.05) is 18.2 Å². The van der Waals surface area contributed by atoms with Gasteiger partial charge < -0.3 is 20.1 Å². The lowest BCUT2D eigenvalue weighted by Crippen LogP contribution is -2.40. The highest BCUT2D eigenvalue weighted by Crippen LogP contribution is 2.31. The number of para-hydroxylation sites is 2. The quantitative estimate of drug-likeness (QED) is 0.892. The maximum absolute atomic E-state index is 12.4.